The number of aliphatic hydroxyl groups excluding tert-OH is 1. The lowest BCUT2D eigenvalue weighted by Gasteiger charge is -2.48. The number of terminal acetylenes is 1. The van der Waals surface area contributed by atoms with Gasteiger partial charge < -0.3 is 14.7 Å². The van der Waals surface area contributed by atoms with Crippen molar-refractivity contribution in [2.75, 3.05) is 13.2 Å². The van der Waals surface area contributed by atoms with Crippen LogP contribution in [-0.4, -0.2) is 29.1 Å². The number of likely N-dealkylation sites (tertiary alicyclic amines) is 1. The highest BCUT2D eigenvalue weighted by Crippen LogP contribution is 2.47. The second-order valence-corrected chi connectivity index (χ2v) is 9.26. The van der Waals surface area contributed by atoms with E-state index >= 15 is 0 Å². The summed E-state index contributed by atoms with van der Waals surface area (Å²) in [6, 6.07) is 18.9. The molecule has 0 spiro atoms. The number of ether oxygens (including phenoxy) is 1. The second-order valence-electron chi connectivity index (χ2n) is 9.26. The van der Waals surface area contributed by atoms with Crippen LogP contribution in [0.1, 0.15) is 48.1 Å². The smallest absolute Gasteiger partial charge is 0.233 e. The number of allylic oxidation sites excluding steroid dienone is 3. The minimum Gasteiger partial charge on any atom is -0.489 e. The first kappa shape index (κ1) is 26.8. The number of hydrogen-bond donors (Lipinski definition) is 1. The monoisotopic (exact) mass is 513 g/mol. The molecule has 194 valence electrons. The van der Waals surface area contributed by atoms with Gasteiger partial charge in [-0.05, 0) is 78.1 Å². The molecule has 4 nitrogen and oxygen atoms in total. The number of halogens is 2. The van der Waals surface area contributed by atoms with Crippen molar-refractivity contribution in [1.29, 1.82) is 0 Å². The zero-order chi connectivity index (χ0) is 27.1. The second kappa shape index (κ2) is 12.4. The lowest BCUT2D eigenvalue weighted by Crippen LogP contribution is -2.53. The van der Waals surface area contributed by atoms with Crippen LogP contribution in [0.2, 0.25) is 0 Å². The maximum atomic E-state index is 13.5. The first-order valence-corrected chi connectivity index (χ1v) is 12.4. The van der Waals surface area contributed by atoms with Gasteiger partial charge in [-0.1, -0.05) is 54.5 Å². The molecule has 3 aromatic carbocycles. The topological polar surface area (TPSA) is 49.8 Å². The summed E-state index contributed by atoms with van der Waals surface area (Å²) in [6.07, 6.45) is 9.95. The van der Waals surface area contributed by atoms with Crippen LogP contribution < -0.4 is 4.74 Å². The minimum absolute atomic E-state index is 0.0889. The normalized spacial score (nSPS) is 18.2. The van der Waals surface area contributed by atoms with Crippen LogP contribution in [0.4, 0.5) is 8.78 Å². The fourth-order valence-corrected chi connectivity index (χ4v) is 4.55. The van der Waals surface area contributed by atoms with E-state index in [0.717, 1.165) is 16.7 Å². The van der Waals surface area contributed by atoms with Crippen molar-refractivity contribution in [2.24, 2.45) is 0 Å². The fraction of sp³-hybridized carbons (Fsp3) is 0.219. The number of nitrogens with zero attached hydrogens (tertiary/aromatic N) is 1. The van der Waals surface area contributed by atoms with Gasteiger partial charge in [-0.2, -0.15) is 0 Å². The highest BCUT2D eigenvalue weighted by atomic mass is 19.1. The number of hydrogen-bond acceptors (Lipinski definition) is 3. The van der Waals surface area contributed by atoms with Crippen molar-refractivity contribution >= 4 is 5.91 Å². The first-order valence-electron chi connectivity index (χ1n) is 12.4. The third-order valence-electron chi connectivity index (χ3n) is 6.59. The zero-order valence-electron chi connectivity index (χ0n) is 21.1. The van der Waals surface area contributed by atoms with Crippen molar-refractivity contribution in [3.63, 3.8) is 0 Å². The van der Waals surface area contributed by atoms with E-state index in [1.807, 2.05) is 37.3 Å². The van der Waals surface area contributed by atoms with E-state index < -0.39 is 12.0 Å². The lowest BCUT2D eigenvalue weighted by molar-refractivity contribution is -0.151. The Hall–Kier alpha value is -4.21. The number of β-lactam (4-membered cyclic amide) rings is 1. The Morgan fingerprint density at radius 3 is 2.26 bits per heavy atom. The van der Waals surface area contributed by atoms with Gasteiger partial charge in [0, 0.05) is 6.54 Å². The molecule has 4 rings (SSSR count). The molecule has 6 heteroatoms. The van der Waals surface area contributed by atoms with Gasteiger partial charge in [-0.3, -0.25) is 4.79 Å². The Morgan fingerprint density at radius 1 is 1.03 bits per heavy atom. The van der Waals surface area contributed by atoms with Gasteiger partial charge in [0.05, 0.1) is 18.1 Å². The van der Waals surface area contributed by atoms with Gasteiger partial charge in [0.2, 0.25) is 5.91 Å². The molecule has 1 amide bonds. The van der Waals surface area contributed by atoms with Crippen LogP contribution in [0.5, 0.6) is 5.75 Å². The number of aliphatic hydroxyl groups is 1. The van der Waals surface area contributed by atoms with E-state index in [2.05, 4.69) is 5.92 Å². The standard InChI is InChI=1S/C32H29F2NO3/c1-3-4-5-6-22(2)21-38-28-17-11-25(12-18-28)31-30(24-9-15-27(34)16-10-24)32(37)35(31)20-19-29(36)23-7-13-26(33)14-8-23/h1,4-18,29-31,36H,19-21H2,2H3/b5-4-,22-6+/t29?,30?,31-/m1/s1. The molecular formula is C32H29F2NO3. The summed E-state index contributed by atoms with van der Waals surface area (Å²) in [7, 11) is 0. The molecule has 0 bridgehead atoms. The van der Waals surface area contributed by atoms with Crippen LogP contribution in [0.15, 0.2) is 96.6 Å². The third kappa shape index (κ3) is 6.37. The molecular weight excluding hydrogens is 484 g/mol. The zero-order valence-corrected chi connectivity index (χ0v) is 21.1. The Bertz CT molecular complexity index is 1340. The van der Waals surface area contributed by atoms with E-state index in [4.69, 9.17) is 11.2 Å². The van der Waals surface area contributed by atoms with Crippen LogP contribution in [0, 0.1) is 24.0 Å². The maximum Gasteiger partial charge on any atom is 0.233 e. The minimum atomic E-state index is -0.837. The van der Waals surface area contributed by atoms with Gasteiger partial charge in [-0.15, -0.1) is 6.42 Å². The molecule has 3 aromatic rings. The molecule has 1 N–H and O–H groups in total. The number of carbonyl (C=O) groups is 1. The number of amides is 1. The van der Waals surface area contributed by atoms with Crippen LogP contribution in [-0.2, 0) is 4.79 Å². The third-order valence-corrected chi connectivity index (χ3v) is 6.59. The average molecular weight is 514 g/mol. The largest absolute Gasteiger partial charge is 0.489 e. The molecule has 0 saturated carbocycles. The summed E-state index contributed by atoms with van der Waals surface area (Å²) >= 11 is 0. The average Bonchev–Trinajstić information content (AvgIpc) is 2.92. The summed E-state index contributed by atoms with van der Waals surface area (Å²) in [5, 5.41) is 10.6. The molecule has 1 aliphatic rings. The van der Waals surface area contributed by atoms with Crippen molar-refractivity contribution in [1.82, 2.24) is 4.90 Å². The molecule has 0 aliphatic carbocycles. The van der Waals surface area contributed by atoms with Crippen molar-refractivity contribution in [3.8, 4) is 18.1 Å². The van der Waals surface area contributed by atoms with Crippen LogP contribution in [0.3, 0.4) is 0 Å². The van der Waals surface area contributed by atoms with Crippen molar-refractivity contribution in [2.45, 2.75) is 31.4 Å². The quantitative estimate of drug-likeness (QED) is 0.198. The van der Waals surface area contributed by atoms with Gasteiger partial charge >= 0.3 is 0 Å². The Kier molecular flexibility index (Phi) is 8.73. The number of benzene rings is 3. The highest BCUT2D eigenvalue weighted by Gasteiger charge is 2.48. The van der Waals surface area contributed by atoms with Crippen LogP contribution in [0.25, 0.3) is 0 Å². The highest BCUT2D eigenvalue weighted by molar-refractivity contribution is 5.91. The summed E-state index contributed by atoms with van der Waals surface area (Å²) in [6.45, 7) is 2.66. The molecule has 1 heterocycles. The predicted octanol–water partition coefficient (Wildman–Crippen LogP) is 6.27. The molecule has 0 radical (unpaired) electrons. The summed E-state index contributed by atoms with van der Waals surface area (Å²) in [5.41, 5.74) is 3.24. The van der Waals surface area contributed by atoms with E-state index in [1.165, 1.54) is 36.4 Å². The van der Waals surface area contributed by atoms with E-state index in [1.54, 1.807) is 29.2 Å². The summed E-state index contributed by atoms with van der Waals surface area (Å²) in [5.74, 6) is 1.83. The molecule has 2 unspecified atom stereocenters. The summed E-state index contributed by atoms with van der Waals surface area (Å²) in [4.78, 5) is 15.0. The van der Waals surface area contributed by atoms with Gasteiger partial charge in [-0.25, -0.2) is 8.78 Å². The van der Waals surface area contributed by atoms with E-state index in [-0.39, 0.29) is 23.6 Å². The lowest BCUT2D eigenvalue weighted by atomic mass is 9.77. The molecule has 0 aromatic heterocycles. The Labute approximate surface area is 221 Å². The first-order chi connectivity index (χ1) is 18.4. The molecule has 38 heavy (non-hydrogen) atoms. The number of carbonyl (C=O) groups excluding carboxylic acids is 1. The Morgan fingerprint density at radius 2 is 1.63 bits per heavy atom. The SMILES string of the molecule is C#C/C=C\C=C(/C)COc1ccc([C@@H]2C(c3ccc(F)cc3)C(=O)N2CCC(O)c2ccc(F)cc2)cc1. The molecule has 3 atom stereocenters. The molecule has 1 fully saturated rings. The fourth-order valence-electron chi connectivity index (χ4n) is 4.55. The Balaban J connectivity index is 1.49. The van der Waals surface area contributed by atoms with E-state index in [9.17, 15) is 18.7 Å². The maximum absolute atomic E-state index is 13.5. The number of rotatable bonds is 10. The summed E-state index contributed by atoms with van der Waals surface area (Å²) < 4.78 is 32.7. The molecule has 1 aliphatic heterocycles. The van der Waals surface area contributed by atoms with Gasteiger partial charge in [0.15, 0.2) is 0 Å². The van der Waals surface area contributed by atoms with E-state index in [0.29, 0.717) is 30.9 Å². The van der Waals surface area contributed by atoms with Crippen molar-refractivity contribution in [3.05, 3.63) is 125 Å². The van der Waals surface area contributed by atoms with Gasteiger partial charge in [0.1, 0.15) is 24.0 Å². The van der Waals surface area contributed by atoms with Crippen LogP contribution >= 0.6 is 0 Å². The van der Waals surface area contributed by atoms with Gasteiger partial charge in [0.25, 0.3) is 0 Å². The predicted molar refractivity (Wildman–Crippen MR) is 143 cm³/mol. The van der Waals surface area contributed by atoms with Crippen molar-refractivity contribution < 1.29 is 23.4 Å². The molecule has 1 saturated heterocycles.